The van der Waals surface area contributed by atoms with Crippen molar-refractivity contribution in [3.63, 3.8) is 0 Å². The van der Waals surface area contributed by atoms with Gasteiger partial charge >= 0.3 is 0 Å². The summed E-state index contributed by atoms with van der Waals surface area (Å²) < 4.78 is 33.4. The van der Waals surface area contributed by atoms with Crippen molar-refractivity contribution in [1.29, 1.82) is 0 Å². The highest BCUT2D eigenvalue weighted by molar-refractivity contribution is 6.31. The Kier molecular flexibility index (Phi) is 7.62. The first-order valence-electron chi connectivity index (χ1n) is 10.2. The summed E-state index contributed by atoms with van der Waals surface area (Å²) in [6.07, 6.45) is 1.48. The highest BCUT2D eigenvalue weighted by Crippen LogP contribution is 2.22. The Bertz CT molecular complexity index is 1310. The van der Waals surface area contributed by atoms with Gasteiger partial charge in [-0.05, 0) is 43.2 Å². The van der Waals surface area contributed by atoms with Crippen molar-refractivity contribution in [2.24, 2.45) is 5.73 Å². The number of benzene rings is 2. The molecule has 3 aromatic rings. The smallest absolute Gasteiger partial charge is 0.280 e. The third-order valence-corrected chi connectivity index (χ3v) is 5.38. The van der Waals surface area contributed by atoms with Gasteiger partial charge < -0.3 is 15.8 Å². The molecule has 1 heterocycles. The summed E-state index contributed by atoms with van der Waals surface area (Å²) in [6, 6.07) is 6.77. The molecule has 8 nitrogen and oxygen atoms in total. The van der Waals surface area contributed by atoms with E-state index in [1.165, 1.54) is 18.2 Å². The van der Waals surface area contributed by atoms with Crippen LogP contribution >= 0.6 is 11.6 Å². The number of halogens is 3. The zero-order valence-electron chi connectivity index (χ0n) is 18.3. The summed E-state index contributed by atoms with van der Waals surface area (Å²) in [7, 11) is 0. The Labute approximate surface area is 198 Å². The summed E-state index contributed by atoms with van der Waals surface area (Å²) in [4.78, 5) is 40.9. The molecule has 0 spiro atoms. The molecule has 0 aliphatic carbocycles. The average molecular weight is 491 g/mol. The second kappa shape index (κ2) is 10.4. The Hall–Kier alpha value is -3.79. The van der Waals surface area contributed by atoms with E-state index in [9.17, 15) is 23.2 Å². The third-order valence-electron chi connectivity index (χ3n) is 5.05. The topological polar surface area (TPSA) is 116 Å². The molecule has 2 amide bonds. The van der Waals surface area contributed by atoms with Crippen molar-refractivity contribution >= 4 is 23.4 Å². The Morgan fingerprint density at radius 2 is 1.97 bits per heavy atom. The van der Waals surface area contributed by atoms with Crippen molar-refractivity contribution in [3.8, 4) is 11.6 Å². The van der Waals surface area contributed by atoms with Crippen molar-refractivity contribution in [2.45, 2.75) is 32.9 Å². The quantitative estimate of drug-likeness (QED) is 0.503. The summed E-state index contributed by atoms with van der Waals surface area (Å²) >= 11 is 6.15. The third kappa shape index (κ3) is 5.40. The number of ether oxygens (including phenoxy) is 1. The van der Waals surface area contributed by atoms with Gasteiger partial charge in [0.1, 0.15) is 30.6 Å². The fourth-order valence-electron chi connectivity index (χ4n) is 3.10. The van der Waals surface area contributed by atoms with E-state index in [4.69, 9.17) is 22.1 Å². The minimum Gasteiger partial charge on any atom is -0.471 e. The van der Waals surface area contributed by atoms with Gasteiger partial charge in [-0.15, -0.1) is 0 Å². The molecule has 2 aromatic carbocycles. The Morgan fingerprint density at radius 1 is 1.24 bits per heavy atom. The maximum absolute atomic E-state index is 13.8. The summed E-state index contributed by atoms with van der Waals surface area (Å²) in [5.41, 5.74) is 5.80. The number of rotatable bonds is 8. The molecule has 3 rings (SSSR count). The molecule has 0 saturated carbocycles. The molecule has 0 saturated heterocycles. The zero-order chi connectivity index (χ0) is 25.0. The lowest BCUT2D eigenvalue weighted by atomic mass is 10.1. The van der Waals surface area contributed by atoms with E-state index in [1.807, 2.05) is 0 Å². The lowest BCUT2D eigenvalue weighted by molar-refractivity contribution is -0.119. The number of amides is 2. The molecule has 3 N–H and O–H groups in total. The number of hydrogen-bond acceptors (Lipinski definition) is 5. The molecule has 34 heavy (non-hydrogen) atoms. The van der Waals surface area contributed by atoms with E-state index < -0.39 is 35.0 Å². The highest BCUT2D eigenvalue weighted by atomic mass is 35.5. The van der Waals surface area contributed by atoms with Gasteiger partial charge in [-0.25, -0.2) is 13.8 Å². The second-order valence-electron chi connectivity index (χ2n) is 7.40. The molecule has 0 aliphatic heterocycles. The van der Waals surface area contributed by atoms with Gasteiger partial charge in [-0.1, -0.05) is 24.6 Å². The first kappa shape index (κ1) is 24.8. The summed E-state index contributed by atoms with van der Waals surface area (Å²) in [6.45, 7) is 3.10. The van der Waals surface area contributed by atoms with E-state index in [1.54, 1.807) is 19.9 Å². The number of hydrogen-bond donors (Lipinski definition) is 2. The van der Waals surface area contributed by atoms with Crippen LogP contribution in [0.2, 0.25) is 5.02 Å². The van der Waals surface area contributed by atoms with Crippen molar-refractivity contribution in [1.82, 2.24) is 14.9 Å². The number of aromatic nitrogens is 2. The van der Waals surface area contributed by atoms with Crippen molar-refractivity contribution in [3.05, 3.63) is 86.4 Å². The Balaban J connectivity index is 1.88. The number of nitrogens with one attached hydrogen (secondary N) is 1. The molecule has 1 atom stereocenters. The largest absolute Gasteiger partial charge is 0.471 e. The number of carbonyl (C=O) groups is 2. The van der Waals surface area contributed by atoms with Crippen LogP contribution < -0.4 is 21.3 Å². The highest BCUT2D eigenvalue weighted by Gasteiger charge is 2.19. The van der Waals surface area contributed by atoms with Crippen LogP contribution in [0.15, 0.2) is 47.5 Å². The monoisotopic (exact) mass is 490 g/mol. The van der Waals surface area contributed by atoms with Gasteiger partial charge in [0.05, 0.1) is 5.69 Å². The van der Waals surface area contributed by atoms with Crippen molar-refractivity contribution in [2.75, 3.05) is 0 Å². The van der Waals surface area contributed by atoms with Crippen LogP contribution in [-0.4, -0.2) is 27.4 Å². The minimum absolute atomic E-state index is 0.0550. The molecule has 178 valence electrons. The molecule has 0 fully saturated rings. The number of nitrogens with two attached hydrogens (primary N) is 1. The van der Waals surface area contributed by atoms with Crippen LogP contribution in [0.5, 0.6) is 5.88 Å². The van der Waals surface area contributed by atoms with Crippen LogP contribution in [0.1, 0.15) is 34.8 Å². The molecule has 1 unspecified atom stereocenters. The number of primary amides is 1. The van der Waals surface area contributed by atoms with Crippen LogP contribution in [0.4, 0.5) is 8.78 Å². The number of aryl methyl sites for hydroxylation is 1. The molecule has 0 radical (unpaired) electrons. The number of carbonyl (C=O) groups excluding carboxylic acids is 2. The van der Waals surface area contributed by atoms with E-state index in [0.717, 1.165) is 17.0 Å². The molecule has 11 heteroatoms. The molecular weight excluding hydrogens is 470 g/mol. The van der Waals surface area contributed by atoms with Gasteiger partial charge in [-0.2, -0.15) is 0 Å². The maximum atomic E-state index is 13.8. The zero-order valence-corrected chi connectivity index (χ0v) is 19.0. The van der Waals surface area contributed by atoms with Crippen LogP contribution in [0.3, 0.4) is 0 Å². The first-order chi connectivity index (χ1) is 16.1. The van der Waals surface area contributed by atoms with Gasteiger partial charge in [0.2, 0.25) is 11.8 Å². The summed E-state index contributed by atoms with van der Waals surface area (Å²) in [5.74, 6) is -2.97. The van der Waals surface area contributed by atoms with Gasteiger partial charge in [0.15, 0.2) is 5.02 Å². The molecule has 1 aromatic heterocycles. The molecule has 0 bridgehead atoms. The average Bonchev–Trinajstić information content (AvgIpc) is 2.79. The minimum atomic E-state index is -0.835. The van der Waals surface area contributed by atoms with E-state index >= 15 is 0 Å². The summed E-state index contributed by atoms with van der Waals surface area (Å²) in [5, 5.41) is 2.18. The van der Waals surface area contributed by atoms with Crippen LogP contribution in [-0.2, 0) is 11.4 Å². The lowest BCUT2D eigenvalue weighted by Crippen LogP contribution is -2.44. The standard InChI is InChI=1S/C23H21ClF2N4O4/c1-3-17(20(27)31)29-21(32)13-5-4-12(2)18(8-13)30-11-28-22(19(24)23(30)33)34-10-14-6-7-15(25)9-16(14)26/h4-9,11,17H,3,10H2,1-2H3,(H2,27,31)(H,29,32). The molecule has 0 aliphatic rings. The Morgan fingerprint density at radius 3 is 2.62 bits per heavy atom. The van der Waals surface area contributed by atoms with Crippen molar-refractivity contribution < 1.29 is 23.1 Å². The van der Waals surface area contributed by atoms with Crippen LogP contribution in [0, 0.1) is 18.6 Å². The predicted molar refractivity (Wildman–Crippen MR) is 121 cm³/mol. The van der Waals surface area contributed by atoms with Gasteiger partial charge in [-0.3, -0.25) is 19.0 Å². The van der Waals surface area contributed by atoms with E-state index in [0.29, 0.717) is 23.7 Å². The van der Waals surface area contributed by atoms with E-state index in [-0.39, 0.29) is 28.6 Å². The fourth-order valence-corrected chi connectivity index (χ4v) is 3.29. The van der Waals surface area contributed by atoms with Gasteiger partial charge in [0, 0.05) is 17.2 Å². The predicted octanol–water partition coefficient (Wildman–Crippen LogP) is 3.05. The first-order valence-corrected chi connectivity index (χ1v) is 10.5. The number of nitrogens with zero attached hydrogens (tertiary/aromatic N) is 2. The molecular formula is C23H21ClF2N4O4. The van der Waals surface area contributed by atoms with Crippen LogP contribution in [0.25, 0.3) is 5.69 Å². The van der Waals surface area contributed by atoms with E-state index in [2.05, 4.69) is 10.3 Å². The van der Waals surface area contributed by atoms with Gasteiger partial charge in [0.25, 0.3) is 11.5 Å². The second-order valence-corrected chi connectivity index (χ2v) is 7.78. The normalized spacial score (nSPS) is 11.7. The maximum Gasteiger partial charge on any atom is 0.280 e. The lowest BCUT2D eigenvalue weighted by Gasteiger charge is -2.15. The SMILES string of the molecule is CCC(NC(=O)c1ccc(C)c(-n2cnc(OCc3ccc(F)cc3F)c(Cl)c2=O)c1)C(N)=O. The fraction of sp³-hybridized carbons (Fsp3) is 0.217.